The third-order valence-corrected chi connectivity index (χ3v) is 7.60. The highest BCUT2D eigenvalue weighted by molar-refractivity contribution is 6.33. The summed E-state index contributed by atoms with van der Waals surface area (Å²) in [6.45, 7) is 0. The van der Waals surface area contributed by atoms with Crippen LogP contribution < -0.4 is 15.1 Å². The standard InChI is InChI=1S/C29H26ClF2N3O4/c1-34(2)24-15-23-18(14-21(24)32)29(11-12-29)28(38)35(23)17-9-7-16(8-10-17)13-22(27(37)39-3)33-26(36)25-19(30)5-4-6-20(25)31/h4-10,14-15,22H,11-13H2,1-3H3,(H,33,36)/t22-/m0/s1. The van der Waals surface area contributed by atoms with Crippen LogP contribution in [0.15, 0.2) is 54.6 Å². The van der Waals surface area contributed by atoms with Gasteiger partial charge in [0, 0.05) is 26.2 Å². The molecule has 3 aromatic carbocycles. The van der Waals surface area contributed by atoms with Gasteiger partial charge in [-0.15, -0.1) is 0 Å². The molecule has 0 aromatic heterocycles. The number of nitrogens with one attached hydrogen (secondary N) is 1. The van der Waals surface area contributed by atoms with Crippen LogP contribution >= 0.6 is 11.6 Å². The first-order valence-electron chi connectivity index (χ1n) is 12.3. The van der Waals surface area contributed by atoms with E-state index in [1.807, 2.05) is 0 Å². The lowest BCUT2D eigenvalue weighted by Crippen LogP contribution is -2.43. The number of anilines is 3. The Morgan fingerprint density at radius 3 is 2.38 bits per heavy atom. The number of hydrogen-bond acceptors (Lipinski definition) is 5. The van der Waals surface area contributed by atoms with Gasteiger partial charge in [-0.3, -0.25) is 14.5 Å². The van der Waals surface area contributed by atoms with Gasteiger partial charge in [0.05, 0.1) is 34.5 Å². The fourth-order valence-electron chi connectivity index (χ4n) is 5.06. The van der Waals surface area contributed by atoms with Crippen LogP contribution in [0.3, 0.4) is 0 Å². The third kappa shape index (κ3) is 4.61. The van der Waals surface area contributed by atoms with Crippen LogP contribution in [0, 0.1) is 11.6 Å². The number of fused-ring (bicyclic) bond motifs is 2. The highest BCUT2D eigenvalue weighted by atomic mass is 35.5. The molecule has 1 spiro atoms. The molecule has 0 radical (unpaired) electrons. The molecule has 1 aliphatic carbocycles. The van der Waals surface area contributed by atoms with Gasteiger partial charge in [-0.1, -0.05) is 29.8 Å². The van der Waals surface area contributed by atoms with Crippen LogP contribution in [0.25, 0.3) is 0 Å². The molecule has 202 valence electrons. The average Bonchev–Trinajstić information content (AvgIpc) is 3.67. The van der Waals surface area contributed by atoms with Crippen LogP contribution in [0.2, 0.25) is 5.02 Å². The number of nitrogens with zero attached hydrogens (tertiary/aromatic N) is 2. The fourth-order valence-corrected chi connectivity index (χ4v) is 5.31. The quantitative estimate of drug-likeness (QED) is 0.421. The van der Waals surface area contributed by atoms with E-state index in [0.717, 1.165) is 6.07 Å². The molecule has 0 saturated heterocycles. The minimum atomic E-state index is -1.11. The van der Waals surface area contributed by atoms with E-state index in [4.69, 9.17) is 16.3 Å². The smallest absolute Gasteiger partial charge is 0.328 e. The minimum Gasteiger partial charge on any atom is -0.467 e. The zero-order chi connectivity index (χ0) is 28.1. The van der Waals surface area contributed by atoms with Gasteiger partial charge in [-0.05, 0) is 60.4 Å². The first-order valence-corrected chi connectivity index (χ1v) is 12.7. The van der Waals surface area contributed by atoms with Gasteiger partial charge in [0.15, 0.2) is 0 Å². The number of benzene rings is 3. The second-order valence-electron chi connectivity index (χ2n) is 9.95. The highest BCUT2D eigenvalue weighted by Crippen LogP contribution is 2.59. The van der Waals surface area contributed by atoms with Crippen LogP contribution in [0.4, 0.5) is 25.8 Å². The van der Waals surface area contributed by atoms with E-state index in [1.165, 1.54) is 25.3 Å². The van der Waals surface area contributed by atoms with Crippen molar-refractivity contribution in [2.75, 3.05) is 31.0 Å². The predicted octanol–water partition coefficient (Wildman–Crippen LogP) is 4.91. The predicted molar refractivity (Wildman–Crippen MR) is 144 cm³/mol. The summed E-state index contributed by atoms with van der Waals surface area (Å²) in [7, 11) is 4.67. The lowest BCUT2D eigenvalue weighted by molar-refractivity contribution is -0.142. The number of halogens is 3. The maximum atomic E-state index is 14.8. The molecule has 1 fully saturated rings. The zero-order valence-corrected chi connectivity index (χ0v) is 22.3. The number of carbonyl (C=O) groups is 3. The van der Waals surface area contributed by atoms with Crippen LogP contribution in [-0.4, -0.2) is 45.0 Å². The second kappa shape index (κ2) is 9.96. The third-order valence-electron chi connectivity index (χ3n) is 7.28. The van der Waals surface area contributed by atoms with Gasteiger partial charge >= 0.3 is 5.97 Å². The maximum absolute atomic E-state index is 14.8. The molecule has 5 rings (SSSR count). The molecule has 1 atom stereocenters. The van der Waals surface area contributed by atoms with Crippen molar-refractivity contribution in [2.45, 2.75) is 30.7 Å². The normalized spacial score (nSPS) is 15.6. The summed E-state index contributed by atoms with van der Waals surface area (Å²) in [4.78, 5) is 41.9. The maximum Gasteiger partial charge on any atom is 0.328 e. The number of carbonyl (C=O) groups excluding carboxylic acids is 3. The molecule has 7 nitrogen and oxygen atoms in total. The summed E-state index contributed by atoms with van der Waals surface area (Å²) in [5.74, 6) is -2.83. The van der Waals surface area contributed by atoms with Crippen molar-refractivity contribution < 1.29 is 27.9 Å². The van der Waals surface area contributed by atoms with E-state index in [1.54, 1.807) is 54.2 Å². The molecule has 2 amide bonds. The summed E-state index contributed by atoms with van der Waals surface area (Å²) in [6, 6.07) is 12.8. The largest absolute Gasteiger partial charge is 0.467 e. The number of amides is 2. The molecule has 10 heteroatoms. The molecule has 3 aromatic rings. The number of hydrogen-bond donors (Lipinski definition) is 1. The Morgan fingerprint density at radius 2 is 1.79 bits per heavy atom. The molecular weight excluding hydrogens is 528 g/mol. The van der Waals surface area contributed by atoms with Crippen molar-refractivity contribution >= 4 is 46.4 Å². The van der Waals surface area contributed by atoms with Crippen molar-refractivity contribution in [1.29, 1.82) is 0 Å². The van der Waals surface area contributed by atoms with Crippen molar-refractivity contribution in [2.24, 2.45) is 0 Å². The molecule has 1 heterocycles. The molecule has 2 aliphatic rings. The van der Waals surface area contributed by atoms with Gasteiger partial charge in [-0.25, -0.2) is 13.6 Å². The molecule has 0 bridgehead atoms. The summed E-state index contributed by atoms with van der Waals surface area (Å²) in [6.07, 6.45) is 1.39. The Balaban J connectivity index is 1.40. The van der Waals surface area contributed by atoms with Crippen LogP contribution in [0.5, 0.6) is 0 Å². The van der Waals surface area contributed by atoms with Crippen molar-refractivity contribution in [3.8, 4) is 0 Å². The number of ether oxygens (including phenoxy) is 1. The Hall–Kier alpha value is -3.98. The SMILES string of the molecule is COC(=O)[C@H](Cc1ccc(N2C(=O)C3(CC3)c3cc(F)c(N(C)C)cc32)cc1)NC(=O)c1c(F)cccc1Cl. The van der Waals surface area contributed by atoms with E-state index in [9.17, 15) is 23.2 Å². The molecule has 1 saturated carbocycles. The molecule has 1 aliphatic heterocycles. The second-order valence-corrected chi connectivity index (χ2v) is 10.4. The summed E-state index contributed by atoms with van der Waals surface area (Å²) < 4.78 is 33.8. The number of rotatable bonds is 7. The van der Waals surface area contributed by atoms with Crippen molar-refractivity contribution in [1.82, 2.24) is 5.32 Å². The van der Waals surface area contributed by atoms with Crippen molar-refractivity contribution in [3.63, 3.8) is 0 Å². The fraction of sp³-hybridized carbons (Fsp3) is 0.276. The van der Waals surface area contributed by atoms with Gasteiger partial charge < -0.3 is 15.0 Å². The van der Waals surface area contributed by atoms with Gasteiger partial charge in [-0.2, -0.15) is 0 Å². The first-order chi connectivity index (χ1) is 18.6. The molecule has 0 unspecified atom stereocenters. The van der Waals surface area contributed by atoms with E-state index >= 15 is 0 Å². The molecule has 1 N–H and O–H groups in total. The van der Waals surface area contributed by atoms with Gasteiger partial charge in [0.1, 0.15) is 17.7 Å². The first kappa shape index (κ1) is 26.6. The summed E-state index contributed by atoms with van der Waals surface area (Å²) in [5, 5.41) is 2.42. The van der Waals surface area contributed by atoms with E-state index in [2.05, 4.69) is 5.32 Å². The average molecular weight is 554 g/mol. The van der Waals surface area contributed by atoms with Gasteiger partial charge in [0.2, 0.25) is 5.91 Å². The van der Waals surface area contributed by atoms with Crippen LogP contribution in [-0.2, 0) is 26.2 Å². The van der Waals surface area contributed by atoms with E-state index < -0.39 is 29.2 Å². The Morgan fingerprint density at radius 1 is 1.10 bits per heavy atom. The number of methoxy groups -OCH3 is 1. The number of esters is 1. The highest BCUT2D eigenvalue weighted by Gasteiger charge is 2.59. The molecular formula is C29H26ClF2N3O4. The monoisotopic (exact) mass is 553 g/mol. The Labute approximate surface area is 229 Å². The lowest BCUT2D eigenvalue weighted by atomic mass is 9.97. The Bertz CT molecular complexity index is 1470. The lowest BCUT2D eigenvalue weighted by Gasteiger charge is -2.21. The minimum absolute atomic E-state index is 0.0508. The molecule has 39 heavy (non-hydrogen) atoms. The van der Waals surface area contributed by atoms with E-state index in [0.29, 0.717) is 41.0 Å². The van der Waals surface area contributed by atoms with Crippen LogP contribution in [0.1, 0.15) is 34.3 Å². The van der Waals surface area contributed by atoms with Gasteiger partial charge in [0.25, 0.3) is 5.91 Å². The summed E-state index contributed by atoms with van der Waals surface area (Å²) in [5.41, 5.74) is 1.94. The zero-order valence-electron chi connectivity index (χ0n) is 21.6. The Kier molecular flexibility index (Phi) is 6.80. The summed E-state index contributed by atoms with van der Waals surface area (Å²) >= 11 is 6.00. The van der Waals surface area contributed by atoms with E-state index in [-0.39, 0.29) is 28.7 Å². The topological polar surface area (TPSA) is 79.0 Å². The van der Waals surface area contributed by atoms with Crippen molar-refractivity contribution in [3.05, 3.63) is 87.9 Å².